The van der Waals surface area contributed by atoms with Crippen molar-refractivity contribution >= 4 is 22.4 Å². The average molecular weight is 389 g/mol. The van der Waals surface area contributed by atoms with Gasteiger partial charge >= 0.3 is 0 Å². The molecule has 0 aromatic heterocycles. The quantitative estimate of drug-likeness (QED) is 0.814. The summed E-state index contributed by atoms with van der Waals surface area (Å²) in [6, 6.07) is 4.14. The first-order chi connectivity index (χ1) is 11.4. The third kappa shape index (κ3) is 4.67. The number of nitrogens with one attached hydrogen (secondary N) is 1. The van der Waals surface area contributed by atoms with Gasteiger partial charge < -0.3 is 10.1 Å². The van der Waals surface area contributed by atoms with Crippen molar-refractivity contribution < 1.29 is 13.2 Å². The lowest BCUT2D eigenvalue weighted by Crippen LogP contribution is -2.45. The molecule has 1 saturated carbocycles. The summed E-state index contributed by atoms with van der Waals surface area (Å²) in [5.41, 5.74) is 1.76. The van der Waals surface area contributed by atoms with E-state index in [4.69, 9.17) is 4.74 Å². The summed E-state index contributed by atoms with van der Waals surface area (Å²) in [5.74, 6) is 1.30. The van der Waals surface area contributed by atoms with Crippen LogP contribution in [0.2, 0.25) is 0 Å². The summed E-state index contributed by atoms with van der Waals surface area (Å²) < 4.78 is 33.2. The van der Waals surface area contributed by atoms with Gasteiger partial charge in [0, 0.05) is 19.1 Å². The van der Waals surface area contributed by atoms with Crippen molar-refractivity contribution in [2.24, 2.45) is 5.92 Å². The van der Waals surface area contributed by atoms with Crippen LogP contribution in [0.4, 0.5) is 0 Å². The number of hydrogen-bond acceptors (Lipinski definition) is 4. The molecule has 0 spiro atoms. The zero-order valence-corrected chi connectivity index (χ0v) is 16.9. The summed E-state index contributed by atoms with van der Waals surface area (Å²) >= 11 is 0. The van der Waals surface area contributed by atoms with Crippen LogP contribution >= 0.6 is 12.4 Å². The van der Waals surface area contributed by atoms with Gasteiger partial charge in [-0.3, -0.25) is 0 Å². The molecule has 2 aliphatic rings. The smallest absolute Gasteiger partial charge is 0.247 e. The van der Waals surface area contributed by atoms with Crippen LogP contribution in [0, 0.1) is 19.8 Å². The van der Waals surface area contributed by atoms with Gasteiger partial charge in [-0.25, -0.2) is 8.42 Å². The number of benzene rings is 1. The standard InChI is InChI=1S/C18H28N2O3S.ClH/c1-13-10-14(2)18(17(11-13)23-3)24(21,22)20-8-6-16(7-9-20)19-12-15-4-5-15;/h10-11,15-16,19H,4-9,12H2,1-3H3;1H. The molecule has 2 fully saturated rings. The topological polar surface area (TPSA) is 58.6 Å². The van der Waals surface area contributed by atoms with Crippen molar-refractivity contribution in [1.29, 1.82) is 0 Å². The maximum Gasteiger partial charge on any atom is 0.247 e. The first kappa shape index (κ1) is 20.5. The summed E-state index contributed by atoms with van der Waals surface area (Å²) in [6.07, 6.45) is 4.43. The van der Waals surface area contributed by atoms with Crippen LogP contribution in [0.15, 0.2) is 17.0 Å². The molecule has 5 nitrogen and oxygen atoms in total. The molecule has 0 amide bonds. The highest BCUT2D eigenvalue weighted by Gasteiger charge is 2.33. The largest absolute Gasteiger partial charge is 0.495 e. The second-order valence-corrected chi connectivity index (χ2v) is 9.02. The highest BCUT2D eigenvalue weighted by molar-refractivity contribution is 7.89. The van der Waals surface area contributed by atoms with Gasteiger partial charge in [0.15, 0.2) is 0 Å². The Labute approximate surface area is 157 Å². The molecular formula is C18H29ClN2O3S. The Balaban J connectivity index is 0.00000225. The second-order valence-electron chi connectivity index (χ2n) is 7.14. The first-order valence-electron chi connectivity index (χ1n) is 8.80. The molecule has 1 aromatic carbocycles. The molecule has 142 valence electrons. The maximum atomic E-state index is 13.1. The summed E-state index contributed by atoms with van der Waals surface area (Å²) in [4.78, 5) is 0.319. The fourth-order valence-electron chi connectivity index (χ4n) is 3.48. The van der Waals surface area contributed by atoms with Crippen LogP contribution in [-0.2, 0) is 10.0 Å². The van der Waals surface area contributed by atoms with E-state index in [0.717, 1.165) is 36.4 Å². The van der Waals surface area contributed by atoms with Crippen molar-refractivity contribution in [2.45, 2.75) is 50.5 Å². The third-order valence-electron chi connectivity index (χ3n) is 5.05. The van der Waals surface area contributed by atoms with E-state index in [0.29, 0.717) is 29.8 Å². The molecule has 1 heterocycles. The van der Waals surface area contributed by atoms with Gasteiger partial charge in [-0.15, -0.1) is 12.4 Å². The molecule has 0 atom stereocenters. The number of methoxy groups -OCH3 is 1. The fraction of sp³-hybridized carbons (Fsp3) is 0.667. The number of ether oxygens (including phenoxy) is 1. The molecule has 25 heavy (non-hydrogen) atoms. The van der Waals surface area contributed by atoms with E-state index < -0.39 is 10.0 Å². The normalized spacial score (nSPS) is 19.5. The van der Waals surface area contributed by atoms with Crippen LogP contribution in [0.3, 0.4) is 0 Å². The van der Waals surface area contributed by atoms with E-state index in [2.05, 4.69) is 5.32 Å². The second kappa shape index (κ2) is 8.25. The molecule has 0 unspecified atom stereocenters. The van der Waals surface area contributed by atoms with Gasteiger partial charge in [-0.05, 0) is 69.2 Å². The molecule has 1 aliphatic carbocycles. The monoisotopic (exact) mass is 388 g/mol. The van der Waals surface area contributed by atoms with Crippen molar-refractivity contribution in [3.05, 3.63) is 23.3 Å². The number of rotatable bonds is 6. The molecule has 1 aliphatic heterocycles. The molecule has 0 bridgehead atoms. The minimum atomic E-state index is -3.51. The molecule has 1 saturated heterocycles. The maximum absolute atomic E-state index is 13.1. The summed E-state index contributed by atoms with van der Waals surface area (Å²) in [6.45, 7) is 6.01. The highest BCUT2D eigenvalue weighted by Crippen LogP contribution is 2.33. The number of nitrogens with zero attached hydrogens (tertiary/aromatic N) is 1. The molecule has 3 rings (SSSR count). The summed E-state index contributed by atoms with van der Waals surface area (Å²) in [7, 11) is -1.98. The lowest BCUT2D eigenvalue weighted by molar-refractivity contribution is 0.287. The Morgan fingerprint density at radius 3 is 2.36 bits per heavy atom. The lowest BCUT2D eigenvalue weighted by atomic mass is 10.1. The van der Waals surface area contributed by atoms with Gasteiger partial charge in [0.05, 0.1) is 7.11 Å². The Kier molecular flexibility index (Phi) is 6.76. The Hall–Kier alpha value is -0.820. The van der Waals surface area contributed by atoms with Gasteiger partial charge in [0.2, 0.25) is 10.0 Å². The van der Waals surface area contributed by atoms with E-state index in [9.17, 15) is 8.42 Å². The van der Waals surface area contributed by atoms with Gasteiger partial charge in [-0.2, -0.15) is 4.31 Å². The van der Waals surface area contributed by atoms with E-state index in [1.54, 1.807) is 10.4 Å². The van der Waals surface area contributed by atoms with Crippen molar-refractivity contribution in [2.75, 3.05) is 26.7 Å². The molecule has 7 heteroatoms. The van der Waals surface area contributed by atoms with Gasteiger partial charge in [-0.1, -0.05) is 6.07 Å². The number of aryl methyl sites for hydroxylation is 2. The van der Waals surface area contributed by atoms with Crippen LogP contribution in [0.25, 0.3) is 0 Å². The van der Waals surface area contributed by atoms with E-state index in [-0.39, 0.29) is 12.4 Å². The zero-order valence-electron chi connectivity index (χ0n) is 15.2. The van der Waals surface area contributed by atoms with E-state index in [1.807, 2.05) is 19.9 Å². The Bertz CT molecular complexity index is 697. The molecular weight excluding hydrogens is 360 g/mol. The van der Waals surface area contributed by atoms with Crippen LogP contribution in [0.5, 0.6) is 5.75 Å². The van der Waals surface area contributed by atoms with E-state index in [1.165, 1.54) is 20.0 Å². The molecule has 0 radical (unpaired) electrons. The fourth-order valence-corrected chi connectivity index (χ4v) is 5.29. The first-order valence-corrected chi connectivity index (χ1v) is 10.2. The lowest BCUT2D eigenvalue weighted by Gasteiger charge is -2.32. The average Bonchev–Trinajstić information content (AvgIpc) is 3.36. The number of sulfonamides is 1. The molecule has 1 aromatic rings. The van der Waals surface area contributed by atoms with E-state index >= 15 is 0 Å². The number of hydrogen-bond donors (Lipinski definition) is 1. The van der Waals surface area contributed by atoms with Crippen LogP contribution in [-0.4, -0.2) is 45.5 Å². The number of piperidine rings is 1. The Morgan fingerprint density at radius 2 is 1.80 bits per heavy atom. The minimum Gasteiger partial charge on any atom is -0.495 e. The SMILES string of the molecule is COc1cc(C)cc(C)c1S(=O)(=O)N1CCC(NCC2CC2)CC1.Cl. The zero-order chi connectivity index (χ0) is 17.3. The predicted molar refractivity (Wildman–Crippen MR) is 102 cm³/mol. The Morgan fingerprint density at radius 1 is 1.16 bits per heavy atom. The van der Waals surface area contributed by atoms with Crippen LogP contribution in [0.1, 0.15) is 36.8 Å². The van der Waals surface area contributed by atoms with Crippen molar-refractivity contribution in [3.63, 3.8) is 0 Å². The van der Waals surface area contributed by atoms with Crippen molar-refractivity contribution in [1.82, 2.24) is 9.62 Å². The highest BCUT2D eigenvalue weighted by atomic mass is 35.5. The minimum absolute atomic E-state index is 0. The third-order valence-corrected chi connectivity index (χ3v) is 7.13. The van der Waals surface area contributed by atoms with Gasteiger partial charge in [0.1, 0.15) is 10.6 Å². The number of halogens is 1. The van der Waals surface area contributed by atoms with Crippen molar-refractivity contribution in [3.8, 4) is 5.75 Å². The van der Waals surface area contributed by atoms with Crippen LogP contribution < -0.4 is 10.1 Å². The molecule has 1 N–H and O–H groups in total. The summed E-state index contributed by atoms with van der Waals surface area (Å²) in [5, 5.41) is 3.59. The van der Waals surface area contributed by atoms with Gasteiger partial charge in [0.25, 0.3) is 0 Å². The predicted octanol–water partition coefficient (Wildman–Crippen LogP) is 2.89.